The van der Waals surface area contributed by atoms with E-state index < -0.39 is 27.8 Å². The lowest BCUT2D eigenvalue weighted by molar-refractivity contribution is -0.120. The van der Waals surface area contributed by atoms with Gasteiger partial charge in [-0.25, -0.2) is 17.8 Å². The number of benzene rings is 2. The zero-order valence-corrected chi connectivity index (χ0v) is 16.9. The van der Waals surface area contributed by atoms with E-state index in [0.29, 0.717) is 18.5 Å². The second-order valence-corrected chi connectivity index (χ2v) is 8.96. The van der Waals surface area contributed by atoms with Gasteiger partial charge in [0.05, 0.1) is 16.9 Å². The van der Waals surface area contributed by atoms with Gasteiger partial charge in [-0.15, -0.1) is 0 Å². The highest BCUT2D eigenvalue weighted by atomic mass is 32.2. The van der Waals surface area contributed by atoms with E-state index in [1.807, 2.05) is 0 Å². The molecule has 1 atom stereocenters. The van der Waals surface area contributed by atoms with Crippen molar-refractivity contribution in [2.75, 3.05) is 11.9 Å². The Morgan fingerprint density at radius 1 is 1.13 bits per heavy atom. The van der Waals surface area contributed by atoms with Crippen LogP contribution in [-0.2, 0) is 14.8 Å². The highest BCUT2D eigenvalue weighted by Gasteiger charge is 2.37. The van der Waals surface area contributed by atoms with Gasteiger partial charge in [0.2, 0.25) is 15.9 Å². The van der Waals surface area contributed by atoms with Crippen LogP contribution in [-0.4, -0.2) is 40.8 Å². The normalized spacial score (nSPS) is 17.6. The molecule has 7 nitrogen and oxygen atoms in total. The fraction of sp³-hybridized carbons (Fsp3) is 0.238. The van der Waals surface area contributed by atoms with E-state index >= 15 is 0 Å². The second kappa shape index (κ2) is 8.37. The van der Waals surface area contributed by atoms with E-state index in [9.17, 15) is 17.6 Å². The first-order chi connectivity index (χ1) is 14.5. The van der Waals surface area contributed by atoms with E-state index in [4.69, 9.17) is 0 Å². The van der Waals surface area contributed by atoms with E-state index in [1.165, 1.54) is 39.5 Å². The zero-order chi connectivity index (χ0) is 21.1. The minimum absolute atomic E-state index is 0.153. The lowest BCUT2D eigenvalue weighted by Crippen LogP contribution is -2.49. The number of rotatable bonds is 5. The molecule has 0 aliphatic carbocycles. The van der Waals surface area contributed by atoms with E-state index in [-0.39, 0.29) is 17.1 Å². The molecular weight excluding hydrogens is 407 g/mol. The van der Waals surface area contributed by atoms with Gasteiger partial charge in [0.15, 0.2) is 0 Å². The maximum Gasteiger partial charge on any atom is 0.243 e. The molecule has 1 N–H and O–H groups in total. The van der Waals surface area contributed by atoms with E-state index in [1.54, 1.807) is 36.7 Å². The number of amides is 1. The number of hydrogen-bond donors (Lipinski definition) is 1. The summed E-state index contributed by atoms with van der Waals surface area (Å²) in [6.45, 7) is 0.267. The fourth-order valence-corrected chi connectivity index (χ4v) is 5.28. The monoisotopic (exact) mass is 428 g/mol. The van der Waals surface area contributed by atoms with Gasteiger partial charge in [-0.05, 0) is 43.2 Å². The van der Waals surface area contributed by atoms with Crippen LogP contribution in [0.5, 0.6) is 0 Å². The Hall–Kier alpha value is -3.04. The molecule has 1 aliphatic rings. The van der Waals surface area contributed by atoms with Crippen molar-refractivity contribution in [3.8, 4) is 5.69 Å². The van der Waals surface area contributed by atoms with Crippen molar-refractivity contribution in [2.24, 2.45) is 0 Å². The minimum atomic E-state index is -3.80. The van der Waals surface area contributed by atoms with Crippen LogP contribution in [0.15, 0.2) is 72.1 Å². The van der Waals surface area contributed by atoms with Crippen LogP contribution in [0.25, 0.3) is 5.69 Å². The molecule has 0 bridgehead atoms. The third-order valence-electron chi connectivity index (χ3n) is 5.10. The molecule has 2 heterocycles. The summed E-state index contributed by atoms with van der Waals surface area (Å²) in [7, 11) is -3.80. The predicted octanol–water partition coefficient (Wildman–Crippen LogP) is 3.19. The Morgan fingerprint density at radius 2 is 1.93 bits per heavy atom. The van der Waals surface area contributed by atoms with Gasteiger partial charge in [0, 0.05) is 24.6 Å². The molecule has 30 heavy (non-hydrogen) atoms. The van der Waals surface area contributed by atoms with E-state index in [2.05, 4.69) is 10.3 Å². The number of nitrogens with one attached hydrogen (secondary N) is 1. The second-order valence-electron chi connectivity index (χ2n) is 7.07. The molecule has 9 heteroatoms. The van der Waals surface area contributed by atoms with Gasteiger partial charge >= 0.3 is 0 Å². The number of sulfonamides is 1. The number of carbonyl (C=O) groups excluding carboxylic acids is 1. The lowest BCUT2D eigenvalue weighted by atomic mass is 10.0. The van der Waals surface area contributed by atoms with Crippen molar-refractivity contribution in [1.29, 1.82) is 0 Å². The summed E-state index contributed by atoms with van der Waals surface area (Å²) in [6.07, 6.45) is 6.47. The van der Waals surface area contributed by atoms with Gasteiger partial charge in [0.1, 0.15) is 11.9 Å². The SMILES string of the molecule is O=C(Nc1ccc(-n2ccnc2)c(F)c1)C1CCCCN1S(=O)(=O)c1ccccc1. The highest BCUT2D eigenvalue weighted by Crippen LogP contribution is 2.27. The minimum Gasteiger partial charge on any atom is -0.325 e. The third kappa shape index (κ3) is 3.99. The highest BCUT2D eigenvalue weighted by molar-refractivity contribution is 7.89. The molecule has 1 amide bonds. The maximum absolute atomic E-state index is 14.5. The Kier molecular flexibility index (Phi) is 5.65. The first-order valence-corrected chi connectivity index (χ1v) is 11.1. The van der Waals surface area contributed by atoms with Crippen LogP contribution in [0.3, 0.4) is 0 Å². The van der Waals surface area contributed by atoms with Crippen LogP contribution in [0.1, 0.15) is 19.3 Å². The molecule has 0 saturated carbocycles. The molecule has 3 aromatic rings. The van der Waals surface area contributed by atoms with Crippen LogP contribution >= 0.6 is 0 Å². The number of nitrogens with zero attached hydrogens (tertiary/aromatic N) is 3. The van der Waals surface area contributed by atoms with Crippen LogP contribution in [0, 0.1) is 5.82 Å². The molecule has 2 aromatic carbocycles. The van der Waals surface area contributed by atoms with Crippen LogP contribution in [0.4, 0.5) is 10.1 Å². The smallest absolute Gasteiger partial charge is 0.243 e. The number of carbonyl (C=O) groups is 1. The Bertz CT molecular complexity index is 1130. The molecule has 0 radical (unpaired) electrons. The summed E-state index contributed by atoms with van der Waals surface area (Å²) in [5, 5.41) is 2.67. The standard InChI is InChI=1S/C21H21FN4O3S/c22-18-14-16(9-10-19(18)25-13-11-23-15-25)24-21(27)20-8-4-5-12-26(20)30(28,29)17-6-2-1-3-7-17/h1-3,6-7,9-11,13-15,20H,4-5,8,12H2,(H,24,27). The summed E-state index contributed by atoms with van der Waals surface area (Å²) in [5.74, 6) is -0.993. The van der Waals surface area contributed by atoms with Gasteiger partial charge in [-0.3, -0.25) is 4.79 Å². The molecule has 1 aromatic heterocycles. The average molecular weight is 428 g/mol. The Labute approximate surface area is 174 Å². The van der Waals surface area contributed by atoms with Gasteiger partial charge in [-0.1, -0.05) is 24.6 Å². The first-order valence-electron chi connectivity index (χ1n) is 9.62. The van der Waals surface area contributed by atoms with Crippen molar-refractivity contribution < 1.29 is 17.6 Å². The summed E-state index contributed by atoms with van der Waals surface area (Å²) in [5.41, 5.74) is 0.570. The van der Waals surface area contributed by atoms with E-state index in [0.717, 1.165) is 6.42 Å². The van der Waals surface area contributed by atoms with Crippen molar-refractivity contribution in [3.05, 3.63) is 73.1 Å². The molecule has 156 valence electrons. The summed E-state index contributed by atoms with van der Waals surface area (Å²) >= 11 is 0. The molecule has 1 saturated heterocycles. The molecule has 4 rings (SSSR count). The maximum atomic E-state index is 14.5. The van der Waals surface area contributed by atoms with Gasteiger partial charge in [0.25, 0.3) is 0 Å². The predicted molar refractivity (Wildman–Crippen MR) is 110 cm³/mol. The first kappa shape index (κ1) is 20.2. The summed E-state index contributed by atoms with van der Waals surface area (Å²) < 4.78 is 43.4. The third-order valence-corrected chi connectivity index (χ3v) is 7.03. The number of imidazole rings is 1. The van der Waals surface area contributed by atoms with Crippen molar-refractivity contribution in [1.82, 2.24) is 13.9 Å². The molecule has 1 aliphatic heterocycles. The average Bonchev–Trinajstić information content (AvgIpc) is 3.29. The number of hydrogen-bond acceptors (Lipinski definition) is 4. The topological polar surface area (TPSA) is 84.3 Å². The van der Waals surface area contributed by atoms with Crippen molar-refractivity contribution >= 4 is 21.6 Å². The van der Waals surface area contributed by atoms with Crippen LogP contribution < -0.4 is 5.32 Å². The number of piperidine rings is 1. The van der Waals surface area contributed by atoms with Crippen molar-refractivity contribution in [3.63, 3.8) is 0 Å². The number of aromatic nitrogens is 2. The quantitative estimate of drug-likeness (QED) is 0.676. The number of anilines is 1. The molecule has 1 unspecified atom stereocenters. The molecule has 0 spiro atoms. The summed E-state index contributed by atoms with van der Waals surface area (Å²) in [4.78, 5) is 17.0. The zero-order valence-electron chi connectivity index (χ0n) is 16.1. The Balaban J connectivity index is 1.55. The molecule has 1 fully saturated rings. The Morgan fingerprint density at radius 3 is 2.63 bits per heavy atom. The molecular formula is C21H21FN4O3S. The van der Waals surface area contributed by atoms with Crippen LogP contribution in [0.2, 0.25) is 0 Å². The number of halogens is 1. The van der Waals surface area contributed by atoms with Gasteiger partial charge in [-0.2, -0.15) is 4.31 Å². The fourth-order valence-electron chi connectivity index (χ4n) is 3.60. The lowest BCUT2D eigenvalue weighted by Gasteiger charge is -2.33. The summed E-state index contributed by atoms with van der Waals surface area (Å²) in [6, 6.07) is 11.5. The van der Waals surface area contributed by atoms with Gasteiger partial charge < -0.3 is 9.88 Å². The van der Waals surface area contributed by atoms with Crippen molar-refractivity contribution in [2.45, 2.75) is 30.2 Å². The largest absolute Gasteiger partial charge is 0.325 e.